The fourth-order valence-electron chi connectivity index (χ4n) is 3.52. The molecule has 0 aromatic heterocycles. The summed E-state index contributed by atoms with van der Waals surface area (Å²) in [6.07, 6.45) is 6.78. The Kier molecular flexibility index (Phi) is 4.20. The van der Waals surface area contributed by atoms with Crippen LogP contribution >= 0.6 is 12.2 Å². The van der Waals surface area contributed by atoms with Crippen LogP contribution in [-0.2, 0) is 0 Å². The fraction of sp³-hybridized carbons (Fsp3) is 0.562. The first-order valence-corrected chi connectivity index (χ1v) is 7.95. The molecule has 2 unspecified atom stereocenters. The molecule has 1 aliphatic carbocycles. The molecule has 2 aliphatic rings. The van der Waals surface area contributed by atoms with Crippen LogP contribution in [-0.4, -0.2) is 23.1 Å². The van der Waals surface area contributed by atoms with Crippen molar-refractivity contribution in [2.24, 2.45) is 11.8 Å². The smallest absolute Gasteiger partial charge is 0.173 e. The molecule has 0 spiro atoms. The van der Waals surface area contributed by atoms with Crippen LogP contribution in [0.2, 0.25) is 0 Å². The monoisotopic (exact) mass is 292 g/mol. The zero-order chi connectivity index (χ0) is 13.9. The van der Waals surface area contributed by atoms with E-state index >= 15 is 0 Å². The van der Waals surface area contributed by atoms with E-state index in [1.807, 2.05) is 0 Å². The van der Waals surface area contributed by atoms with Crippen LogP contribution in [0.4, 0.5) is 10.1 Å². The second-order valence-corrected chi connectivity index (χ2v) is 6.36. The molecule has 0 radical (unpaired) electrons. The van der Waals surface area contributed by atoms with Crippen LogP contribution in [0.1, 0.15) is 32.1 Å². The van der Waals surface area contributed by atoms with Gasteiger partial charge in [0.25, 0.3) is 0 Å². The Morgan fingerprint density at radius 1 is 1.10 bits per heavy atom. The topological polar surface area (TPSA) is 15.3 Å². The number of nitrogens with one attached hydrogen (secondary N) is 1. The summed E-state index contributed by atoms with van der Waals surface area (Å²) in [6.45, 7) is 2.13. The summed E-state index contributed by atoms with van der Waals surface area (Å²) in [4.78, 5) is 2.28. The maximum Gasteiger partial charge on any atom is 0.173 e. The number of hydrogen-bond acceptors (Lipinski definition) is 1. The van der Waals surface area contributed by atoms with Crippen molar-refractivity contribution in [2.75, 3.05) is 18.4 Å². The highest BCUT2D eigenvalue weighted by atomic mass is 32.1. The molecule has 0 amide bonds. The standard InChI is InChI=1S/C16H21FN2S/c17-14-5-7-15(8-6-14)18-16(20)19-10-9-12-3-1-2-4-13(12)11-19/h5-8,12-13H,1-4,9-11H2,(H,18,20). The van der Waals surface area contributed by atoms with Gasteiger partial charge in [0.1, 0.15) is 5.82 Å². The van der Waals surface area contributed by atoms with Gasteiger partial charge in [-0.3, -0.25) is 0 Å². The van der Waals surface area contributed by atoms with Crippen molar-refractivity contribution >= 4 is 23.0 Å². The molecule has 1 N–H and O–H groups in total. The van der Waals surface area contributed by atoms with E-state index in [1.165, 1.54) is 44.2 Å². The van der Waals surface area contributed by atoms with E-state index in [4.69, 9.17) is 12.2 Å². The van der Waals surface area contributed by atoms with Crippen molar-refractivity contribution in [3.63, 3.8) is 0 Å². The lowest BCUT2D eigenvalue weighted by Crippen LogP contribution is -2.46. The van der Waals surface area contributed by atoms with Crippen LogP contribution in [0.15, 0.2) is 24.3 Å². The van der Waals surface area contributed by atoms with Crippen LogP contribution in [0.3, 0.4) is 0 Å². The number of nitrogens with zero attached hydrogens (tertiary/aromatic N) is 1. The van der Waals surface area contributed by atoms with Crippen LogP contribution in [0, 0.1) is 17.7 Å². The Morgan fingerprint density at radius 2 is 1.80 bits per heavy atom. The third-order valence-corrected chi connectivity index (χ3v) is 5.03. The van der Waals surface area contributed by atoms with E-state index in [-0.39, 0.29) is 5.82 Å². The zero-order valence-corrected chi connectivity index (χ0v) is 12.5. The Hall–Kier alpha value is -1.16. The molecule has 2 atom stereocenters. The van der Waals surface area contributed by atoms with Crippen molar-refractivity contribution < 1.29 is 4.39 Å². The quantitative estimate of drug-likeness (QED) is 0.787. The van der Waals surface area contributed by atoms with Gasteiger partial charge in [0.15, 0.2) is 5.11 Å². The van der Waals surface area contributed by atoms with Gasteiger partial charge >= 0.3 is 0 Å². The first-order valence-electron chi connectivity index (χ1n) is 7.54. The number of piperidine rings is 1. The van der Waals surface area contributed by atoms with Crippen molar-refractivity contribution in [1.29, 1.82) is 0 Å². The van der Waals surface area contributed by atoms with Gasteiger partial charge in [-0.15, -0.1) is 0 Å². The molecule has 2 fully saturated rings. The number of halogens is 1. The third kappa shape index (κ3) is 3.11. The minimum atomic E-state index is -0.218. The van der Waals surface area contributed by atoms with E-state index in [2.05, 4.69) is 10.2 Å². The van der Waals surface area contributed by atoms with Gasteiger partial charge in [0.2, 0.25) is 0 Å². The van der Waals surface area contributed by atoms with Gasteiger partial charge in [0.05, 0.1) is 0 Å². The number of likely N-dealkylation sites (tertiary alicyclic amines) is 1. The molecule has 0 bridgehead atoms. The molecular weight excluding hydrogens is 271 g/mol. The number of hydrogen-bond donors (Lipinski definition) is 1. The van der Waals surface area contributed by atoms with Crippen LogP contribution in [0.25, 0.3) is 0 Å². The highest BCUT2D eigenvalue weighted by Gasteiger charge is 2.31. The van der Waals surface area contributed by atoms with Gasteiger partial charge in [-0.2, -0.15) is 0 Å². The Morgan fingerprint density at radius 3 is 2.55 bits per heavy atom. The number of fused-ring (bicyclic) bond motifs is 1. The number of anilines is 1. The molecule has 1 heterocycles. The molecule has 1 aromatic carbocycles. The van der Waals surface area contributed by atoms with E-state index in [0.717, 1.165) is 35.7 Å². The van der Waals surface area contributed by atoms with E-state index in [9.17, 15) is 4.39 Å². The maximum atomic E-state index is 12.9. The largest absolute Gasteiger partial charge is 0.349 e. The molecule has 1 saturated carbocycles. The minimum Gasteiger partial charge on any atom is -0.349 e. The second-order valence-electron chi connectivity index (χ2n) is 5.98. The van der Waals surface area contributed by atoms with Gasteiger partial charge in [-0.05, 0) is 61.2 Å². The van der Waals surface area contributed by atoms with Gasteiger partial charge in [-0.25, -0.2) is 4.39 Å². The molecule has 1 aromatic rings. The van der Waals surface area contributed by atoms with Crippen molar-refractivity contribution in [2.45, 2.75) is 32.1 Å². The molecule has 2 nitrogen and oxygen atoms in total. The lowest BCUT2D eigenvalue weighted by molar-refractivity contribution is 0.131. The minimum absolute atomic E-state index is 0.218. The third-order valence-electron chi connectivity index (χ3n) is 4.67. The van der Waals surface area contributed by atoms with Gasteiger partial charge < -0.3 is 10.2 Å². The lowest BCUT2D eigenvalue weighted by Gasteiger charge is -2.42. The molecule has 1 aliphatic heterocycles. The van der Waals surface area contributed by atoms with E-state index in [1.54, 1.807) is 12.1 Å². The first-order chi connectivity index (χ1) is 9.72. The normalized spacial score (nSPS) is 25.9. The van der Waals surface area contributed by atoms with Crippen molar-refractivity contribution in [3.8, 4) is 0 Å². The molecular formula is C16H21FN2S. The van der Waals surface area contributed by atoms with Crippen molar-refractivity contribution in [1.82, 2.24) is 4.90 Å². The second kappa shape index (κ2) is 6.08. The molecule has 3 rings (SSSR count). The van der Waals surface area contributed by atoms with Gasteiger partial charge in [0, 0.05) is 18.8 Å². The molecule has 20 heavy (non-hydrogen) atoms. The average molecular weight is 292 g/mol. The lowest BCUT2D eigenvalue weighted by atomic mass is 9.75. The highest BCUT2D eigenvalue weighted by molar-refractivity contribution is 7.80. The maximum absolute atomic E-state index is 12.9. The zero-order valence-electron chi connectivity index (χ0n) is 11.6. The van der Waals surface area contributed by atoms with Crippen LogP contribution in [0.5, 0.6) is 0 Å². The summed E-state index contributed by atoms with van der Waals surface area (Å²) in [5.41, 5.74) is 0.863. The first kappa shape index (κ1) is 13.8. The Labute approximate surface area is 125 Å². The Bertz CT molecular complexity index is 474. The summed E-state index contributed by atoms with van der Waals surface area (Å²) in [7, 11) is 0. The van der Waals surface area contributed by atoms with E-state index < -0.39 is 0 Å². The molecule has 108 valence electrons. The molecule has 4 heteroatoms. The summed E-state index contributed by atoms with van der Waals surface area (Å²) in [5.74, 6) is 1.50. The van der Waals surface area contributed by atoms with Crippen LogP contribution < -0.4 is 5.32 Å². The number of benzene rings is 1. The summed E-state index contributed by atoms with van der Waals surface area (Å²) in [6, 6.07) is 6.38. The summed E-state index contributed by atoms with van der Waals surface area (Å²) >= 11 is 5.50. The fourth-order valence-corrected chi connectivity index (χ4v) is 3.80. The average Bonchev–Trinajstić information content (AvgIpc) is 2.49. The summed E-state index contributed by atoms with van der Waals surface area (Å²) < 4.78 is 12.9. The number of thiocarbonyl (C=S) groups is 1. The predicted octanol–water partition coefficient (Wildman–Crippen LogP) is 4.03. The highest BCUT2D eigenvalue weighted by Crippen LogP contribution is 2.36. The van der Waals surface area contributed by atoms with Gasteiger partial charge in [-0.1, -0.05) is 19.3 Å². The van der Waals surface area contributed by atoms with E-state index in [0.29, 0.717) is 0 Å². The predicted molar refractivity (Wildman–Crippen MR) is 84.3 cm³/mol. The molecule has 1 saturated heterocycles. The number of rotatable bonds is 1. The Balaban J connectivity index is 1.58. The SMILES string of the molecule is Fc1ccc(NC(=S)N2CCC3CCCCC3C2)cc1. The summed E-state index contributed by atoms with van der Waals surface area (Å²) in [5, 5.41) is 4.00. The van der Waals surface area contributed by atoms with Crippen molar-refractivity contribution in [3.05, 3.63) is 30.1 Å².